The van der Waals surface area contributed by atoms with E-state index in [2.05, 4.69) is 4.90 Å². The van der Waals surface area contributed by atoms with Crippen LogP contribution in [-0.4, -0.2) is 22.8 Å². The van der Waals surface area contributed by atoms with Crippen LogP contribution in [0.3, 0.4) is 0 Å². The molecule has 2 saturated heterocycles. The molecule has 2 aliphatic rings. The van der Waals surface area contributed by atoms with Gasteiger partial charge in [-0.1, -0.05) is 0 Å². The van der Waals surface area contributed by atoms with Crippen LogP contribution in [0.5, 0.6) is 0 Å². The van der Waals surface area contributed by atoms with E-state index in [0.717, 1.165) is 30.9 Å². The van der Waals surface area contributed by atoms with Gasteiger partial charge in [0.15, 0.2) is 0 Å². The summed E-state index contributed by atoms with van der Waals surface area (Å²) in [4.78, 5) is 13.9. The molecule has 3 heterocycles. The molecule has 0 radical (unpaired) electrons. The van der Waals surface area contributed by atoms with Crippen molar-refractivity contribution < 1.29 is 9.21 Å². The van der Waals surface area contributed by atoms with E-state index >= 15 is 0 Å². The molecule has 2 fully saturated rings. The van der Waals surface area contributed by atoms with E-state index in [1.165, 1.54) is 12.8 Å². The minimum Gasteiger partial charge on any atom is -0.465 e. The summed E-state index contributed by atoms with van der Waals surface area (Å²) in [6, 6.07) is 4.99. The van der Waals surface area contributed by atoms with Crippen LogP contribution >= 0.6 is 0 Å². The molecule has 3 rings (SSSR count). The van der Waals surface area contributed by atoms with E-state index in [1.807, 2.05) is 19.1 Å². The lowest BCUT2D eigenvalue weighted by atomic mass is 10.0. The molecule has 2 bridgehead atoms. The number of piperidine rings is 1. The largest absolute Gasteiger partial charge is 0.465 e. The number of rotatable bonds is 2. The smallest absolute Gasteiger partial charge is 0.136 e. The Morgan fingerprint density at radius 3 is 2.56 bits per heavy atom. The summed E-state index contributed by atoms with van der Waals surface area (Å²) < 4.78 is 5.61. The fraction of sp³-hybridized carbons (Fsp3) is 0.615. The van der Waals surface area contributed by atoms with Crippen LogP contribution in [0.1, 0.15) is 37.2 Å². The van der Waals surface area contributed by atoms with Gasteiger partial charge in [-0.25, -0.2) is 0 Å². The van der Waals surface area contributed by atoms with Crippen molar-refractivity contribution in [1.29, 1.82) is 0 Å². The summed E-state index contributed by atoms with van der Waals surface area (Å²) >= 11 is 0. The van der Waals surface area contributed by atoms with Crippen LogP contribution < -0.4 is 0 Å². The minimum absolute atomic E-state index is 0.444. The maximum atomic E-state index is 11.5. The first-order valence-electron chi connectivity index (χ1n) is 6.05. The SMILES string of the molecule is Cc1ccc(CN2C3CCC2CC(=O)C3)o1. The number of fused-ring (bicyclic) bond motifs is 2. The van der Waals surface area contributed by atoms with E-state index in [-0.39, 0.29) is 0 Å². The fourth-order valence-corrected chi connectivity index (χ4v) is 3.07. The second-order valence-corrected chi connectivity index (χ2v) is 5.02. The number of ketones is 1. The van der Waals surface area contributed by atoms with Crippen molar-refractivity contribution in [1.82, 2.24) is 4.90 Å². The van der Waals surface area contributed by atoms with Crippen LogP contribution in [0.15, 0.2) is 16.5 Å². The van der Waals surface area contributed by atoms with Crippen molar-refractivity contribution in [2.75, 3.05) is 0 Å². The Labute approximate surface area is 95.4 Å². The molecule has 2 unspecified atom stereocenters. The summed E-state index contributed by atoms with van der Waals surface area (Å²) in [5, 5.41) is 0. The lowest BCUT2D eigenvalue weighted by Crippen LogP contribution is -2.42. The Hall–Kier alpha value is -1.09. The number of hydrogen-bond acceptors (Lipinski definition) is 3. The Morgan fingerprint density at radius 1 is 1.31 bits per heavy atom. The molecule has 1 aromatic rings. The van der Waals surface area contributed by atoms with Crippen LogP contribution in [0.25, 0.3) is 0 Å². The number of hydrogen-bond donors (Lipinski definition) is 0. The van der Waals surface area contributed by atoms with Gasteiger partial charge in [-0.15, -0.1) is 0 Å². The molecule has 3 heteroatoms. The first-order chi connectivity index (χ1) is 7.72. The van der Waals surface area contributed by atoms with Gasteiger partial charge in [0, 0.05) is 24.9 Å². The molecular weight excluding hydrogens is 202 g/mol. The normalized spacial score (nSPS) is 29.9. The van der Waals surface area contributed by atoms with Crippen LogP contribution in [-0.2, 0) is 11.3 Å². The summed E-state index contributed by atoms with van der Waals surface area (Å²) in [6.45, 7) is 2.84. The number of furan rings is 1. The Balaban J connectivity index is 1.74. The number of nitrogens with zero attached hydrogens (tertiary/aromatic N) is 1. The third-order valence-electron chi connectivity index (χ3n) is 3.83. The number of aryl methyl sites for hydroxylation is 1. The van der Waals surface area contributed by atoms with Gasteiger partial charge in [-0.2, -0.15) is 0 Å². The van der Waals surface area contributed by atoms with Gasteiger partial charge in [-0.05, 0) is 31.9 Å². The molecule has 0 aromatic carbocycles. The average molecular weight is 219 g/mol. The second-order valence-electron chi connectivity index (χ2n) is 5.02. The molecule has 1 aromatic heterocycles. The zero-order valence-corrected chi connectivity index (χ0v) is 9.61. The predicted molar refractivity (Wildman–Crippen MR) is 60.0 cm³/mol. The molecule has 0 amide bonds. The van der Waals surface area contributed by atoms with Gasteiger partial charge in [0.1, 0.15) is 17.3 Å². The minimum atomic E-state index is 0.444. The van der Waals surface area contributed by atoms with Crippen molar-refractivity contribution in [3.63, 3.8) is 0 Å². The van der Waals surface area contributed by atoms with Crippen molar-refractivity contribution in [2.24, 2.45) is 0 Å². The van der Waals surface area contributed by atoms with Gasteiger partial charge in [0.25, 0.3) is 0 Å². The van der Waals surface area contributed by atoms with E-state index < -0.39 is 0 Å². The van der Waals surface area contributed by atoms with E-state index in [1.54, 1.807) is 0 Å². The summed E-state index contributed by atoms with van der Waals surface area (Å²) in [5.41, 5.74) is 0. The number of Topliss-reactive ketones (excluding diaryl/α,β-unsaturated/α-hetero) is 1. The average Bonchev–Trinajstić information content (AvgIpc) is 2.72. The van der Waals surface area contributed by atoms with Gasteiger partial charge in [0.2, 0.25) is 0 Å². The van der Waals surface area contributed by atoms with Crippen LogP contribution in [0.2, 0.25) is 0 Å². The third-order valence-corrected chi connectivity index (χ3v) is 3.83. The van der Waals surface area contributed by atoms with Crippen molar-refractivity contribution in [2.45, 2.75) is 51.2 Å². The maximum Gasteiger partial charge on any atom is 0.136 e. The first-order valence-corrected chi connectivity index (χ1v) is 6.05. The standard InChI is InChI=1S/C13H17NO2/c1-9-2-5-13(16-9)8-14-10-3-4-11(14)7-12(15)6-10/h2,5,10-11H,3-4,6-8H2,1H3. The van der Waals surface area contributed by atoms with Crippen molar-refractivity contribution in [3.05, 3.63) is 23.7 Å². The molecule has 86 valence electrons. The van der Waals surface area contributed by atoms with Crippen LogP contribution in [0.4, 0.5) is 0 Å². The molecule has 3 nitrogen and oxygen atoms in total. The second kappa shape index (κ2) is 3.74. The predicted octanol–water partition coefficient (Wildman–Crippen LogP) is 2.28. The highest BCUT2D eigenvalue weighted by Crippen LogP contribution is 2.35. The molecular formula is C13H17NO2. The zero-order chi connectivity index (χ0) is 11.1. The van der Waals surface area contributed by atoms with Gasteiger partial charge in [-0.3, -0.25) is 9.69 Å². The monoisotopic (exact) mass is 219 g/mol. The van der Waals surface area contributed by atoms with E-state index in [4.69, 9.17) is 4.42 Å². The summed E-state index contributed by atoms with van der Waals surface area (Å²) in [5.74, 6) is 2.44. The highest BCUT2D eigenvalue weighted by molar-refractivity contribution is 5.80. The lowest BCUT2D eigenvalue weighted by Gasteiger charge is -2.33. The Bertz CT molecular complexity index is 394. The zero-order valence-electron chi connectivity index (χ0n) is 9.61. The number of carbonyl (C=O) groups is 1. The lowest BCUT2D eigenvalue weighted by molar-refractivity contribution is -0.123. The number of carbonyl (C=O) groups excluding carboxylic acids is 1. The summed E-state index contributed by atoms with van der Waals surface area (Å²) in [7, 11) is 0. The highest BCUT2D eigenvalue weighted by Gasteiger charge is 2.40. The molecule has 2 aliphatic heterocycles. The molecule has 0 saturated carbocycles. The fourth-order valence-electron chi connectivity index (χ4n) is 3.07. The Morgan fingerprint density at radius 2 is 2.00 bits per heavy atom. The molecule has 2 atom stereocenters. The Kier molecular flexibility index (Phi) is 2.36. The van der Waals surface area contributed by atoms with Crippen molar-refractivity contribution in [3.8, 4) is 0 Å². The van der Waals surface area contributed by atoms with Gasteiger partial charge < -0.3 is 4.42 Å². The molecule has 0 N–H and O–H groups in total. The van der Waals surface area contributed by atoms with Gasteiger partial charge >= 0.3 is 0 Å². The third kappa shape index (κ3) is 1.69. The van der Waals surface area contributed by atoms with E-state index in [0.29, 0.717) is 17.9 Å². The molecule has 16 heavy (non-hydrogen) atoms. The maximum absolute atomic E-state index is 11.5. The summed E-state index contributed by atoms with van der Waals surface area (Å²) in [6.07, 6.45) is 3.85. The quantitative estimate of drug-likeness (QED) is 0.765. The van der Waals surface area contributed by atoms with E-state index in [9.17, 15) is 4.79 Å². The first kappa shape index (κ1) is 10.1. The molecule has 0 spiro atoms. The van der Waals surface area contributed by atoms with Crippen LogP contribution in [0, 0.1) is 6.92 Å². The highest BCUT2D eigenvalue weighted by atomic mass is 16.3. The molecule has 0 aliphatic carbocycles. The van der Waals surface area contributed by atoms with Crippen molar-refractivity contribution >= 4 is 5.78 Å². The van der Waals surface area contributed by atoms with Gasteiger partial charge in [0.05, 0.1) is 6.54 Å². The topological polar surface area (TPSA) is 33.5 Å².